The second-order valence-electron chi connectivity index (χ2n) is 8.38. The Labute approximate surface area is 219 Å². The van der Waals surface area contributed by atoms with E-state index >= 15 is 0 Å². The lowest BCUT2D eigenvalue weighted by molar-refractivity contribution is -0.152. The molecule has 18 heteroatoms. The van der Waals surface area contributed by atoms with Gasteiger partial charge in [-0.25, -0.2) is 17.9 Å². The Bertz CT molecular complexity index is 1470. The van der Waals surface area contributed by atoms with Gasteiger partial charge in [0.2, 0.25) is 0 Å². The first-order valence-corrected chi connectivity index (χ1v) is 13.7. The average molecular weight is 577 g/mol. The van der Waals surface area contributed by atoms with Gasteiger partial charge in [-0.2, -0.15) is 25.4 Å². The molecule has 0 amide bonds. The molecule has 0 spiro atoms. The molecule has 0 bridgehead atoms. The normalized spacial score (nSPS) is 13.1. The summed E-state index contributed by atoms with van der Waals surface area (Å²) < 4.78 is 60.5. The molecular weight excluding hydrogens is 548 g/mol. The van der Waals surface area contributed by atoms with Crippen LogP contribution in [0.3, 0.4) is 0 Å². The Morgan fingerprint density at radius 3 is 1.82 bits per heavy atom. The van der Waals surface area contributed by atoms with Crippen molar-refractivity contribution in [3.63, 3.8) is 0 Å². The van der Waals surface area contributed by atoms with Crippen molar-refractivity contribution >= 4 is 43.9 Å². The average Bonchev–Trinajstić information content (AvgIpc) is 3.42. The van der Waals surface area contributed by atoms with Crippen LogP contribution in [-0.2, 0) is 41.2 Å². The molecule has 16 nitrogen and oxygen atoms in total. The zero-order valence-corrected chi connectivity index (χ0v) is 23.1. The molecule has 2 aromatic rings. The monoisotopic (exact) mass is 576 g/mol. The number of ether oxygens (including phenoxy) is 1. The molecule has 1 atom stereocenters. The van der Waals surface area contributed by atoms with Gasteiger partial charge in [0.1, 0.15) is 6.10 Å². The molecule has 38 heavy (non-hydrogen) atoms. The highest BCUT2D eigenvalue weighted by molar-refractivity contribution is 7.87. The maximum absolute atomic E-state index is 13.1. The minimum atomic E-state index is -4.42. The fourth-order valence-electron chi connectivity index (χ4n) is 3.20. The number of aromatic nitrogens is 4. The smallest absolute Gasteiger partial charge is 0.309 e. The molecule has 210 valence electrons. The van der Waals surface area contributed by atoms with Gasteiger partial charge >= 0.3 is 32.4 Å². The van der Waals surface area contributed by atoms with Crippen LogP contribution >= 0.6 is 0 Å². The summed E-state index contributed by atoms with van der Waals surface area (Å²) in [6.07, 6.45) is -1.31. The molecule has 2 heterocycles. The SMILES string of the molecule is CC(=O)c1ncc(CC(OC(=O)CCC(=O)O)c2cnc(C(C)=O)n2S(=O)(=O)N(C)C)n1S(=O)(=O)N(C)C. The van der Waals surface area contributed by atoms with Crippen LogP contribution in [0.2, 0.25) is 0 Å². The molecule has 0 aliphatic carbocycles. The van der Waals surface area contributed by atoms with Crippen LogP contribution in [0.1, 0.15) is 65.4 Å². The summed E-state index contributed by atoms with van der Waals surface area (Å²) in [6.45, 7) is 2.16. The van der Waals surface area contributed by atoms with Gasteiger partial charge in [-0.1, -0.05) is 0 Å². The predicted molar refractivity (Wildman–Crippen MR) is 130 cm³/mol. The maximum atomic E-state index is 13.1. The zero-order chi connectivity index (χ0) is 29.2. The van der Waals surface area contributed by atoms with Crippen molar-refractivity contribution in [2.24, 2.45) is 0 Å². The third kappa shape index (κ3) is 6.32. The summed E-state index contributed by atoms with van der Waals surface area (Å²) in [5.74, 6) is -4.75. The summed E-state index contributed by atoms with van der Waals surface area (Å²) in [6, 6.07) is 0. The van der Waals surface area contributed by atoms with Gasteiger partial charge in [-0.3, -0.25) is 19.2 Å². The maximum Gasteiger partial charge on any atom is 0.309 e. The van der Waals surface area contributed by atoms with Crippen molar-refractivity contribution in [2.45, 2.75) is 39.2 Å². The van der Waals surface area contributed by atoms with Gasteiger partial charge < -0.3 is 9.84 Å². The largest absolute Gasteiger partial charge is 0.481 e. The van der Waals surface area contributed by atoms with Gasteiger partial charge in [0, 0.05) is 48.5 Å². The molecule has 0 fully saturated rings. The summed E-state index contributed by atoms with van der Waals surface area (Å²) in [5.41, 5.74) is -0.494. The lowest BCUT2D eigenvalue weighted by atomic mass is 10.1. The fourth-order valence-corrected chi connectivity index (χ4v) is 5.49. The Kier molecular flexibility index (Phi) is 9.30. The van der Waals surface area contributed by atoms with Gasteiger partial charge in [0.05, 0.1) is 36.6 Å². The van der Waals surface area contributed by atoms with E-state index in [-0.39, 0.29) is 11.4 Å². The van der Waals surface area contributed by atoms with E-state index in [9.17, 15) is 36.0 Å². The number of Topliss-reactive ketones (excluding diaryl/α,β-unsaturated/α-hetero) is 2. The van der Waals surface area contributed by atoms with Gasteiger partial charge in [-0.15, -0.1) is 0 Å². The van der Waals surface area contributed by atoms with E-state index < -0.39 is 80.9 Å². The third-order valence-corrected chi connectivity index (χ3v) is 8.65. The summed E-state index contributed by atoms with van der Waals surface area (Å²) in [4.78, 5) is 55.5. The molecule has 0 saturated carbocycles. The molecule has 1 unspecified atom stereocenters. The summed E-state index contributed by atoms with van der Waals surface area (Å²) in [7, 11) is -3.95. The summed E-state index contributed by atoms with van der Waals surface area (Å²) >= 11 is 0. The number of esters is 1. The number of carboxylic acid groups (broad SMARTS) is 1. The van der Waals surface area contributed by atoms with E-state index in [1.807, 2.05) is 0 Å². The number of carbonyl (C=O) groups excluding carboxylic acids is 3. The fraction of sp³-hybridized carbons (Fsp3) is 0.500. The minimum absolute atomic E-state index is 0.167. The Morgan fingerprint density at radius 1 is 0.868 bits per heavy atom. The van der Waals surface area contributed by atoms with Crippen LogP contribution in [0.5, 0.6) is 0 Å². The Morgan fingerprint density at radius 2 is 1.34 bits per heavy atom. The Hall–Kier alpha value is -3.48. The molecule has 2 rings (SSSR count). The van der Waals surface area contributed by atoms with Crippen LogP contribution < -0.4 is 0 Å². The standard InChI is InChI=1S/C20H28N6O10S2/c1-12(27)19-21-10-14(25(19)37(32,33)23(3)4)9-16(36-18(31)8-7-17(29)30)15-11-22-20(13(2)28)26(15)38(34,35)24(5)6/h10-11,16H,7-9H2,1-6H3,(H,29,30). The van der Waals surface area contributed by atoms with E-state index in [2.05, 4.69) is 9.97 Å². The third-order valence-electron chi connectivity index (χ3n) is 5.09. The van der Waals surface area contributed by atoms with E-state index in [1.165, 1.54) is 28.2 Å². The van der Waals surface area contributed by atoms with E-state index in [0.717, 1.165) is 34.9 Å². The molecule has 0 radical (unpaired) electrons. The first-order valence-electron chi connectivity index (χ1n) is 10.9. The zero-order valence-electron chi connectivity index (χ0n) is 21.5. The van der Waals surface area contributed by atoms with Crippen molar-refractivity contribution in [1.82, 2.24) is 26.5 Å². The number of carboxylic acids is 1. The molecule has 2 aromatic heterocycles. The molecule has 0 saturated heterocycles. The van der Waals surface area contributed by atoms with E-state index in [4.69, 9.17) is 9.84 Å². The summed E-state index contributed by atoms with van der Waals surface area (Å²) in [5, 5.41) is 8.90. The van der Waals surface area contributed by atoms with Crippen molar-refractivity contribution in [2.75, 3.05) is 28.2 Å². The topological polar surface area (TPSA) is 208 Å². The lowest BCUT2D eigenvalue weighted by Gasteiger charge is -2.23. The highest BCUT2D eigenvalue weighted by Gasteiger charge is 2.35. The number of carbonyl (C=O) groups is 4. The van der Waals surface area contributed by atoms with Crippen LogP contribution in [0.4, 0.5) is 0 Å². The van der Waals surface area contributed by atoms with Gasteiger partial charge in [-0.05, 0) is 0 Å². The second kappa shape index (κ2) is 11.5. The van der Waals surface area contributed by atoms with Crippen LogP contribution in [0.15, 0.2) is 12.4 Å². The van der Waals surface area contributed by atoms with Crippen LogP contribution in [0.25, 0.3) is 0 Å². The highest BCUT2D eigenvalue weighted by Crippen LogP contribution is 2.28. The van der Waals surface area contributed by atoms with Gasteiger partial charge in [0.25, 0.3) is 0 Å². The van der Waals surface area contributed by atoms with Crippen molar-refractivity contribution in [3.05, 3.63) is 35.4 Å². The second-order valence-corrected chi connectivity index (χ2v) is 12.4. The number of rotatable bonds is 13. The number of nitrogens with zero attached hydrogens (tertiary/aromatic N) is 6. The molecule has 0 aromatic carbocycles. The lowest BCUT2D eigenvalue weighted by Crippen LogP contribution is -2.34. The predicted octanol–water partition coefficient (Wildman–Crippen LogP) is -0.514. The molecular formula is C20H28N6O10S2. The Balaban J connectivity index is 2.79. The van der Waals surface area contributed by atoms with Crippen LogP contribution in [0, 0.1) is 0 Å². The molecule has 1 N–H and O–H groups in total. The number of imidazole rings is 2. The first kappa shape index (κ1) is 30.7. The number of hydrogen-bond acceptors (Lipinski definition) is 11. The van der Waals surface area contributed by atoms with E-state index in [1.54, 1.807) is 0 Å². The minimum Gasteiger partial charge on any atom is -0.481 e. The quantitative estimate of drug-likeness (QED) is 0.236. The molecule has 0 aliphatic heterocycles. The highest BCUT2D eigenvalue weighted by atomic mass is 32.2. The van der Waals surface area contributed by atoms with Gasteiger partial charge in [0.15, 0.2) is 23.2 Å². The van der Waals surface area contributed by atoms with Crippen molar-refractivity contribution in [3.8, 4) is 0 Å². The number of aliphatic carboxylic acids is 1. The number of ketones is 2. The number of hydrogen-bond donors (Lipinski definition) is 1. The van der Waals surface area contributed by atoms with Crippen molar-refractivity contribution in [1.29, 1.82) is 0 Å². The molecule has 0 aliphatic rings. The van der Waals surface area contributed by atoms with Crippen LogP contribution in [-0.4, -0.2) is 100 Å². The van der Waals surface area contributed by atoms with E-state index in [0.29, 0.717) is 7.94 Å². The van der Waals surface area contributed by atoms with Crippen molar-refractivity contribution < 1.29 is 45.9 Å². The first-order chi connectivity index (χ1) is 17.4.